The molecule has 0 amide bonds. The molecule has 1 fully saturated rings. The van der Waals surface area contributed by atoms with Gasteiger partial charge in [0.25, 0.3) is 0 Å². The van der Waals surface area contributed by atoms with Crippen molar-refractivity contribution in [2.75, 3.05) is 0 Å². The number of aliphatic imine (C=N–C) groups is 1. The minimum absolute atomic E-state index is 0.0226. The number of amidine groups is 1. The second-order valence-corrected chi connectivity index (χ2v) is 12.4. The second-order valence-electron chi connectivity index (χ2n) is 12.4. The maximum Gasteiger partial charge on any atom is 0.152 e. The molecule has 2 aliphatic rings. The molecule has 212 valence electrons. The molecule has 0 aromatic heterocycles. The minimum Gasteiger partial charge on any atom is -0.282 e. The van der Waals surface area contributed by atoms with Gasteiger partial charge in [-0.1, -0.05) is 122 Å². The lowest BCUT2D eigenvalue weighted by molar-refractivity contribution is 0.353. The van der Waals surface area contributed by atoms with Gasteiger partial charge in [-0.3, -0.25) is 5.41 Å². The van der Waals surface area contributed by atoms with Crippen LogP contribution in [-0.2, 0) is 5.41 Å². The van der Waals surface area contributed by atoms with Crippen LogP contribution in [0.25, 0.3) is 33.4 Å². The van der Waals surface area contributed by atoms with Crippen molar-refractivity contribution < 1.29 is 0 Å². The number of hydrogen-bond acceptors (Lipinski definition) is 1. The van der Waals surface area contributed by atoms with E-state index in [0.29, 0.717) is 5.84 Å². The zero-order valence-electron chi connectivity index (χ0n) is 25.4. The first kappa shape index (κ1) is 27.3. The fraction of sp³-hybridized carbons (Fsp3) is 0.220. The first-order chi connectivity index (χ1) is 21.0. The summed E-state index contributed by atoms with van der Waals surface area (Å²) in [5, 5.41) is 8.70. The average Bonchev–Trinajstić information content (AvgIpc) is 3.30. The van der Waals surface area contributed by atoms with E-state index in [1.807, 2.05) is 30.3 Å². The summed E-state index contributed by atoms with van der Waals surface area (Å²) >= 11 is 0. The zero-order valence-corrected chi connectivity index (χ0v) is 25.4. The molecule has 43 heavy (non-hydrogen) atoms. The van der Waals surface area contributed by atoms with E-state index in [2.05, 4.69) is 99.6 Å². The van der Waals surface area contributed by atoms with Gasteiger partial charge in [0, 0.05) is 22.3 Å². The van der Waals surface area contributed by atoms with Crippen LogP contribution < -0.4 is 0 Å². The largest absolute Gasteiger partial charge is 0.282 e. The molecule has 1 saturated carbocycles. The van der Waals surface area contributed by atoms with Crippen LogP contribution in [0, 0.1) is 19.3 Å². The van der Waals surface area contributed by atoms with E-state index in [9.17, 15) is 0 Å². The van der Waals surface area contributed by atoms with Crippen molar-refractivity contribution in [3.05, 3.63) is 143 Å². The molecule has 2 nitrogen and oxygen atoms in total. The summed E-state index contributed by atoms with van der Waals surface area (Å²) in [6.07, 6.45) is 6.15. The van der Waals surface area contributed by atoms with Crippen molar-refractivity contribution in [1.82, 2.24) is 0 Å². The van der Waals surface area contributed by atoms with Gasteiger partial charge in [0.2, 0.25) is 0 Å². The molecule has 2 heteroatoms. The van der Waals surface area contributed by atoms with E-state index in [1.54, 1.807) is 0 Å². The zero-order chi connectivity index (χ0) is 29.6. The molecule has 0 atom stereocenters. The fourth-order valence-electron chi connectivity index (χ4n) is 7.72. The van der Waals surface area contributed by atoms with Gasteiger partial charge >= 0.3 is 0 Å². The van der Waals surface area contributed by atoms with Crippen LogP contribution in [0.15, 0.2) is 114 Å². The number of rotatable bonds is 4. The Morgan fingerprint density at radius 2 is 1.33 bits per heavy atom. The third kappa shape index (κ3) is 4.57. The van der Waals surface area contributed by atoms with Crippen LogP contribution >= 0.6 is 0 Å². The predicted octanol–water partition coefficient (Wildman–Crippen LogP) is 10.7. The number of benzene rings is 5. The standard InChI is InChI=1S/C41H38N2/c1-27-14-8-9-18-32(27)38-28(2)15-12-20-34(38)31-22-23-35-37(26-31)41(24-10-5-11-25-41)36-21-13-19-33(39(35)36)29(3)43-40(42)30-16-6-4-7-17-30/h4,6-9,12-23,26,42H,5,10-11,24-25H2,1-3H3/b42-40?,43-29+. The Bertz CT molecular complexity index is 1890. The normalized spacial score (nSPS) is 15.3. The number of fused-ring (bicyclic) bond motifs is 5. The Morgan fingerprint density at radius 3 is 2.12 bits per heavy atom. The van der Waals surface area contributed by atoms with E-state index in [4.69, 9.17) is 10.4 Å². The number of aryl methyl sites for hydroxylation is 2. The molecule has 7 rings (SSSR count). The van der Waals surface area contributed by atoms with E-state index in [0.717, 1.165) is 16.8 Å². The molecule has 5 aromatic rings. The summed E-state index contributed by atoms with van der Waals surface area (Å²) in [6.45, 7) is 6.51. The number of nitrogens with zero attached hydrogens (tertiary/aromatic N) is 1. The molecule has 0 unspecified atom stereocenters. The second kappa shape index (κ2) is 10.9. The van der Waals surface area contributed by atoms with Crippen molar-refractivity contribution in [3.63, 3.8) is 0 Å². The topological polar surface area (TPSA) is 36.2 Å². The molecule has 1 spiro atoms. The number of nitrogens with one attached hydrogen (secondary N) is 1. The number of hydrogen-bond donors (Lipinski definition) is 1. The first-order valence-corrected chi connectivity index (χ1v) is 15.6. The Morgan fingerprint density at radius 1 is 0.628 bits per heavy atom. The lowest BCUT2D eigenvalue weighted by Crippen LogP contribution is -2.28. The van der Waals surface area contributed by atoms with Gasteiger partial charge in [-0.2, -0.15) is 0 Å². The van der Waals surface area contributed by atoms with Gasteiger partial charge in [-0.05, 0) is 95.3 Å². The van der Waals surface area contributed by atoms with Gasteiger partial charge in [-0.15, -0.1) is 0 Å². The Labute approximate surface area is 255 Å². The summed E-state index contributed by atoms with van der Waals surface area (Å²) < 4.78 is 0. The minimum atomic E-state index is 0.0226. The summed E-state index contributed by atoms with van der Waals surface area (Å²) in [4.78, 5) is 4.83. The third-order valence-corrected chi connectivity index (χ3v) is 9.81. The van der Waals surface area contributed by atoms with Crippen molar-refractivity contribution in [2.24, 2.45) is 4.99 Å². The summed E-state index contributed by atoms with van der Waals surface area (Å²) in [7, 11) is 0. The molecule has 0 bridgehead atoms. The fourth-order valence-corrected chi connectivity index (χ4v) is 7.72. The molecule has 0 radical (unpaired) electrons. The lowest BCUT2D eigenvalue weighted by atomic mass is 9.67. The van der Waals surface area contributed by atoms with Crippen molar-refractivity contribution in [1.29, 1.82) is 5.41 Å². The smallest absolute Gasteiger partial charge is 0.152 e. The van der Waals surface area contributed by atoms with E-state index >= 15 is 0 Å². The molecule has 0 aliphatic heterocycles. The summed E-state index contributed by atoms with van der Waals surface area (Å²) in [5.41, 5.74) is 16.3. The van der Waals surface area contributed by atoms with Crippen molar-refractivity contribution in [3.8, 4) is 33.4 Å². The Balaban J connectivity index is 1.41. The van der Waals surface area contributed by atoms with E-state index < -0.39 is 0 Å². The first-order valence-electron chi connectivity index (χ1n) is 15.6. The van der Waals surface area contributed by atoms with Gasteiger partial charge in [0.1, 0.15) is 0 Å². The van der Waals surface area contributed by atoms with Crippen LogP contribution in [0.2, 0.25) is 0 Å². The van der Waals surface area contributed by atoms with E-state index in [1.165, 1.54) is 87.7 Å². The van der Waals surface area contributed by atoms with Crippen LogP contribution in [0.1, 0.15) is 72.4 Å². The van der Waals surface area contributed by atoms with Gasteiger partial charge in [-0.25, -0.2) is 4.99 Å². The SMILES string of the molecule is C/C(=N\C(=N)c1ccccc1)c1cccc2c1-c1ccc(-c3cccc(C)c3-c3ccccc3C)cc1C21CCCCC1. The van der Waals surface area contributed by atoms with Gasteiger partial charge in [0.15, 0.2) is 5.84 Å². The molecule has 0 heterocycles. The van der Waals surface area contributed by atoms with Crippen LogP contribution in [0.4, 0.5) is 0 Å². The van der Waals surface area contributed by atoms with E-state index in [-0.39, 0.29) is 5.41 Å². The highest BCUT2D eigenvalue weighted by atomic mass is 14.8. The highest BCUT2D eigenvalue weighted by molar-refractivity contribution is 6.14. The van der Waals surface area contributed by atoms with Crippen LogP contribution in [-0.4, -0.2) is 11.5 Å². The average molecular weight is 559 g/mol. The third-order valence-electron chi connectivity index (χ3n) is 9.81. The summed E-state index contributed by atoms with van der Waals surface area (Å²) in [5.74, 6) is 0.305. The van der Waals surface area contributed by atoms with Crippen molar-refractivity contribution in [2.45, 2.75) is 58.3 Å². The molecule has 2 aliphatic carbocycles. The molecule has 0 saturated heterocycles. The predicted molar refractivity (Wildman–Crippen MR) is 182 cm³/mol. The van der Waals surface area contributed by atoms with Gasteiger partial charge < -0.3 is 0 Å². The maximum absolute atomic E-state index is 8.70. The van der Waals surface area contributed by atoms with Crippen LogP contribution in [0.5, 0.6) is 0 Å². The van der Waals surface area contributed by atoms with Crippen molar-refractivity contribution >= 4 is 11.5 Å². The quantitative estimate of drug-likeness (QED) is 0.168. The highest BCUT2D eigenvalue weighted by Crippen LogP contribution is 2.57. The Kier molecular flexibility index (Phi) is 6.94. The lowest BCUT2D eigenvalue weighted by Gasteiger charge is -2.36. The summed E-state index contributed by atoms with van der Waals surface area (Å²) in [6, 6.07) is 39.3. The molecule has 5 aromatic carbocycles. The molecule has 1 N–H and O–H groups in total. The maximum atomic E-state index is 8.70. The highest BCUT2D eigenvalue weighted by Gasteiger charge is 2.44. The molecular weight excluding hydrogens is 520 g/mol. The van der Waals surface area contributed by atoms with Crippen LogP contribution in [0.3, 0.4) is 0 Å². The monoisotopic (exact) mass is 558 g/mol. The Hall–Kier alpha value is -4.56. The van der Waals surface area contributed by atoms with Gasteiger partial charge in [0.05, 0.1) is 0 Å². The molecular formula is C41H38N2.